The molecule has 0 aliphatic carbocycles. The zero-order chi connectivity index (χ0) is 13.8. The molecule has 1 atom stereocenters. The van der Waals surface area contributed by atoms with Crippen molar-refractivity contribution in [3.63, 3.8) is 0 Å². The summed E-state index contributed by atoms with van der Waals surface area (Å²) in [6, 6.07) is 5.35. The van der Waals surface area contributed by atoms with Crippen molar-refractivity contribution in [3.8, 4) is 0 Å². The van der Waals surface area contributed by atoms with E-state index in [1.807, 2.05) is 13.0 Å². The molecule has 2 N–H and O–H groups in total. The number of carbonyl (C=O) groups excluding carboxylic acids is 2. The van der Waals surface area contributed by atoms with Gasteiger partial charge in [-0.25, -0.2) is 0 Å². The second-order valence-electron chi connectivity index (χ2n) is 4.29. The van der Waals surface area contributed by atoms with Crippen LogP contribution in [0.5, 0.6) is 0 Å². The molecule has 2 amide bonds. The predicted octanol–water partition coefficient (Wildman–Crippen LogP) is 2.67. The molecule has 0 saturated heterocycles. The number of carbonyl (C=O) groups is 2. The van der Waals surface area contributed by atoms with E-state index in [0.717, 1.165) is 11.3 Å². The summed E-state index contributed by atoms with van der Waals surface area (Å²) >= 11 is 7.28. The molecule has 0 radical (unpaired) electrons. The van der Waals surface area contributed by atoms with Crippen molar-refractivity contribution in [2.24, 2.45) is 0 Å². The molecule has 102 valence electrons. The van der Waals surface area contributed by atoms with Crippen LogP contribution in [0, 0.1) is 0 Å². The van der Waals surface area contributed by atoms with Crippen molar-refractivity contribution in [2.75, 3.05) is 11.9 Å². The summed E-state index contributed by atoms with van der Waals surface area (Å²) in [6.07, 6.45) is 1.08. The van der Waals surface area contributed by atoms with Crippen molar-refractivity contribution in [1.82, 2.24) is 5.32 Å². The van der Waals surface area contributed by atoms with Gasteiger partial charge in [0, 0.05) is 22.9 Å². The number of thioether (sulfide) groups is 1. The summed E-state index contributed by atoms with van der Waals surface area (Å²) in [7, 11) is 0. The van der Waals surface area contributed by atoms with Crippen LogP contribution in [0.2, 0.25) is 5.02 Å². The van der Waals surface area contributed by atoms with Crippen LogP contribution in [0.4, 0.5) is 5.69 Å². The topological polar surface area (TPSA) is 58.2 Å². The van der Waals surface area contributed by atoms with E-state index in [-0.39, 0.29) is 23.5 Å². The Morgan fingerprint density at radius 2 is 2.32 bits per heavy atom. The molecule has 1 aliphatic rings. The molecule has 1 heterocycles. The highest BCUT2D eigenvalue weighted by atomic mass is 35.5. The molecule has 0 aromatic heterocycles. The Labute approximate surface area is 121 Å². The molecule has 1 aromatic carbocycles. The lowest BCUT2D eigenvalue weighted by Crippen LogP contribution is -2.35. The average Bonchev–Trinajstić information content (AvgIpc) is 2.37. The molecule has 0 bridgehead atoms. The lowest BCUT2D eigenvalue weighted by Gasteiger charge is -2.23. The van der Waals surface area contributed by atoms with Gasteiger partial charge in [-0.05, 0) is 24.6 Å². The fourth-order valence-electron chi connectivity index (χ4n) is 1.76. The number of nitrogens with one attached hydrogen (secondary N) is 2. The number of hydrogen-bond acceptors (Lipinski definition) is 3. The van der Waals surface area contributed by atoms with Gasteiger partial charge < -0.3 is 10.6 Å². The van der Waals surface area contributed by atoms with Crippen molar-refractivity contribution in [3.05, 3.63) is 23.2 Å². The molecule has 0 saturated carbocycles. The minimum absolute atomic E-state index is 0.0908. The summed E-state index contributed by atoms with van der Waals surface area (Å²) in [5.74, 6) is -0.238. The van der Waals surface area contributed by atoms with Crippen LogP contribution in [0.25, 0.3) is 0 Å². The molecule has 19 heavy (non-hydrogen) atoms. The quantitative estimate of drug-likeness (QED) is 0.898. The molecule has 4 nitrogen and oxygen atoms in total. The van der Waals surface area contributed by atoms with Gasteiger partial charge in [-0.2, -0.15) is 0 Å². The fraction of sp³-hybridized carbons (Fsp3) is 0.385. The Hall–Kier alpha value is -1.20. The van der Waals surface area contributed by atoms with Crippen LogP contribution in [0.15, 0.2) is 23.1 Å². The molecule has 6 heteroatoms. The highest BCUT2D eigenvalue weighted by Crippen LogP contribution is 2.38. The standard InChI is InChI=1S/C13H15ClN2O2S/c1-2-5-15-12(17)7-11-13(18)16-9-6-8(14)3-4-10(9)19-11/h3-4,6,11H,2,5,7H2,1H3,(H,15,17)(H,16,18). The summed E-state index contributed by atoms with van der Waals surface area (Å²) in [5, 5.41) is 5.77. The van der Waals surface area contributed by atoms with Crippen LogP contribution in [-0.2, 0) is 9.59 Å². The molecule has 0 spiro atoms. The van der Waals surface area contributed by atoms with E-state index in [4.69, 9.17) is 11.6 Å². The van der Waals surface area contributed by atoms with Crippen LogP contribution in [0.1, 0.15) is 19.8 Å². The fourth-order valence-corrected chi connectivity index (χ4v) is 3.02. The monoisotopic (exact) mass is 298 g/mol. The molecule has 2 rings (SSSR count). The van der Waals surface area contributed by atoms with Crippen LogP contribution >= 0.6 is 23.4 Å². The van der Waals surface area contributed by atoms with Crippen molar-refractivity contribution in [2.45, 2.75) is 29.9 Å². The molecular weight excluding hydrogens is 284 g/mol. The molecule has 1 aromatic rings. The van der Waals surface area contributed by atoms with Gasteiger partial charge in [0.15, 0.2) is 0 Å². The van der Waals surface area contributed by atoms with Gasteiger partial charge in [-0.3, -0.25) is 9.59 Å². The van der Waals surface area contributed by atoms with E-state index in [1.165, 1.54) is 11.8 Å². The Bertz CT molecular complexity index is 507. The summed E-state index contributed by atoms with van der Waals surface area (Å²) < 4.78 is 0. The van der Waals surface area contributed by atoms with E-state index < -0.39 is 0 Å². The second-order valence-corrected chi connectivity index (χ2v) is 5.97. The first-order valence-electron chi connectivity index (χ1n) is 6.14. The summed E-state index contributed by atoms with van der Waals surface area (Å²) in [4.78, 5) is 24.5. The SMILES string of the molecule is CCCNC(=O)CC1Sc2ccc(Cl)cc2NC1=O. The minimum atomic E-state index is -0.384. The normalized spacial score (nSPS) is 17.6. The number of halogens is 1. The van der Waals surface area contributed by atoms with Gasteiger partial charge in [0.05, 0.1) is 10.9 Å². The third-order valence-corrected chi connectivity index (χ3v) is 4.21. The molecule has 0 fully saturated rings. The highest BCUT2D eigenvalue weighted by Gasteiger charge is 2.28. The predicted molar refractivity (Wildman–Crippen MR) is 77.6 cm³/mol. The summed E-state index contributed by atoms with van der Waals surface area (Å²) in [6.45, 7) is 2.63. The van der Waals surface area contributed by atoms with Crippen molar-refractivity contribution in [1.29, 1.82) is 0 Å². The van der Waals surface area contributed by atoms with Crippen molar-refractivity contribution >= 4 is 40.9 Å². The zero-order valence-corrected chi connectivity index (χ0v) is 12.1. The number of fused-ring (bicyclic) bond motifs is 1. The van der Waals surface area contributed by atoms with Gasteiger partial charge >= 0.3 is 0 Å². The van der Waals surface area contributed by atoms with E-state index in [2.05, 4.69) is 10.6 Å². The van der Waals surface area contributed by atoms with E-state index in [0.29, 0.717) is 17.3 Å². The van der Waals surface area contributed by atoms with Gasteiger partial charge in [-0.1, -0.05) is 18.5 Å². The molecule has 1 aliphatic heterocycles. The number of rotatable bonds is 4. The largest absolute Gasteiger partial charge is 0.356 e. The van der Waals surface area contributed by atoms with Gasteiger partial charge in [0.25, 0.3) is 0 Å². The first-order valence-corrected chi connectivity index (χ1v) is 7.39. The third kappa shape index (κ3) is 3.64. The minimum Gasteiger partial charge on any atom is -0.356 e. The van der Waals surface area contributed by atoms with Crippen molar-refractivity contribution < 1.29 is 9.59 Å². The Balaban J connectivity index is 2.03. The van der Waals surface area contributed by atoms with E-state index in [1.54, 1.807) is 12.1 Å². The third-order valence-electron chi connectivity index (χ3n) is 2.70. The first-order chi connectivity index (χ1) is 9.10. The summed E-state index contributed by atoms with van der Waals surface area (Å²) in [5.41, 5.74) is 0.715. The van der Waals surface area contributed by atoms with Gasteiger partial charge in [0.1, 0.15) is 0 Å². The first kappa shape index (κ1) is 14.2. The Kier molecular flexibility index (Phi) is 4.71. The Morgan fingerprint density at radius 1 is 1.53 bits per heavy atom. The molecular formula is C13H15ClN2O2S. The lowest BCUT2D eigenvalue weighted by atomic mass is 10.2. The number of amides is 2. The molecule has 1 unspecified atom stereocenters. The number of hydrogen-bond donors (Lipinski definition) is 2. The lowest BCUT2D eigenvalue weighted by molar-refractivity contribution is -0.124. The Morgan fingerprint density at radius 3 is 3.05 bits per heavy atom. The maximum absolute atomic E-state index is 11.9. The van der Waals surface area contributed by atoms with E-state index >= 15 is 0 Å². The van der Waals surface area contributed by atoms with Gasteiger partial charge in [0.2, 0.25) is 11.8 Å². The zero-order valence-electron chi connectivity index (χ0n) is 10.5. The average molecular weight is 299 g/mol. The maximum atomic E-state index is 11.9. The second kappa shape index (κ2) is 6.30. The van der Waals surface area contributed by atoms with Crippen LogP contribution in [0.3, 0.4) is 0 Å². The highest BCUT2D eigenvalue weighted by molar-refractivity contribution is 8.01. The van der Waals surface area contributed by atoms with E-state index in [9.17, 15) is 9.59 Å². The maximum Gasteiger partial charge on any atom is 0.238 e. The van der Waals surface area contributed by atoms with Crippen LogP contribution in [-0.4, -0.2) is 23.6 Å². The number of benzene rings is 1. The van der Waals surface area contributed by atoms with Gasteiger partial charge in [-0.15, -0.1) is 11.8 Å². The van der Waals surface area contributed by atoms with Crippen LogP contribution < -0.4 is 10.6 Å². The number of anilines is 1. The smallest absolute Gasteiger partial charge is 0.238 e.